The fourth-order valence-corrected chi connectivity index (χ4v) is 3.47. The van der Waals surface area contributed by atoms with E-state index >= 15 is 0 Å². The fourth-order valence-electron chi connectivity index (χ4n) is 3.47. The van der Waals surface area contributed by atoms with Gasteiger partial charge < -0.3 is 20.9 Å². The van der Waals surface area contributed by atoms with Gasteiger partial charge in [-0.1, -0.05) is 20.8 Å². The number of aryl methyl sites for hydroxylation is 1. The first-order valence-electron chi connectivity index (χ1n) is 9.03. The van der Waals surface area contributed by atoms with Crippen LogP contribution in [0.2, 0.25) is 0 Å². The summed E-state index contributed by atoms with van der Waals surface area (Å²) in [7, 11) is 0. The smallest absolute Gasteiger partial charge is 0.220 e. The molecule has 7 nitrogen and oxygen atoms in total. The van der Waals surface area contributed by atoms with Crippen molar-refractivity contribution in [1.29, 1.82) is 0 Å². The number of carbonyl (C=O) groups excluding carboxylic acids is 1. The van der Waals surface area contributed by atoms with Crippen LogP contribution in [-0.4, -0.2) is 46.0 Å². The molecule has 4 N–H and O–H groups in total. The third-order valence-electron chi connectivity index (χ3n) is 4.83. The molecule has 0 aromatic carbocycles. The van der Waals surface area contributed by atoms with Crippen LogP contribution >= 0.6 is 0 Å². The Balaban J connectivity index is 1.72. The second-order valence-electron chi connectivity index (χ2n) is 7.50. The van der Waals surface area contributed by atoms with Crippen LogP contribution in [0.1, 0.15) is 39.2 Å². The van der Waals surface area contributed by atoms with Crippen molar-refractivity contribution in [2.24, 2.45) is 11.7 Å². The maximum atomic E-state index is 11.9. The quantitative estimate of drug-likeness (QED) is 0.739. The second kappa shape index (κ2) is 7.00. The first-order valence-corrected chi connectivity index (χ1v) is 9.03. The van der Waals surface area contributed by atoms with E-state index in [1.165, 1.54) is 5.56 Å². The first kappa shape index (κ1) is 17.7. The van der Waals surface area contributed by atoms with E-state index < -0.39 is 5.54 Å². The molecule has 1 aliphatic heterocycles. The highest BCUT2D eigenvalue weighted by atomic mass is 16.1. The molecule has 1 fully saturated rings. The Morgan fingerprint density at radius 3 is 3.00 bits per heavy atom. The molecule has 1 atom stereocenters. The van der Waals surface area contributed by atoms with E-state index in [9.17, 15) is 4.79 Å². The minimum Gasteiger partial charge on any atom is -0.354 e. The number of nitrogens with zero attached hydrogens (tertiary/aromatic N) is 3. The van der Waals surface area contributed by atoms with Crippen molar-refractivity contribution in [2.45, 2.75) is 45.6 Å². The van der Waals surface area contributed by atoms with Crippen molar-refractivity contribution >= 4 is 22.8 Å². The van der Waals surface area contributed by atoms with Gasteiger partial charge in [-0.15, -0.1) is 0 Å². The van der Waals surface area contributed by atoms with Crippen LogP contribution in [0.25, 0.3) is 11.0 Å². The van der Waals surface area contributed by atoms with Gasteiger partial charge in [0.15, 0.2) is 0 Å². The summed E-state index contributed by atoms with van der Waals surface area (Å²) in [6.07, 6.45) is 5.88. The molecule has 2 aromatic rings. The largest absolute Gasteiger partial charge is 0.354 e. The maximum Gasteiger partial charge on any atom is 0.220 e. The summed E-state index contributed by atoms with van der Waals surface area (Å²) in [5, 5.41) is 4.08. The predicted octanol–water partition coefficient (Wildman–Crippen LogP) is 1.59. The van der Waals surface area contributed by atoms with E-state index in [0.29, 0.717) is 25.4 Å². The fraction of sp³-hybridized carbons (Fsp3) is 0.611. The third-order valence-corrected chi connectivity index (χ3v) is 4.83. The molecule has 1 amide bonds. The SMILES string of the molecule is CCc1c[nH]c2ncnc(N3CC[C@](N)(CNC(=O)CC(C)C)C3)c12. The zero-order chi connectivity index (χ0) is 18.0. The zero-order valence-corrected chi connectivity index (χ0v) is 15.3. The molecule has 3 rings (SSSR count). The highest BCUT2D eigenvalue weighted by Crippen LogP contribution is 2.31. The highest BCUT2D eigenvalue weighted by Gasteiger charge is 2.36. The normalized spacial score (nSPS) is 20.6. The average Bonchev–Trinajstić information content (AvgIpc) is 3.16. The molecule has 7 heteroatoms. The van der Waals surface area contributed by atoms with Crippen molar-refractivity contribution < 1.29 is 4.79 Å². The number of hydrogen-bond acceptors (Lipinski definition) is 5. The van der Waals surface area contributed by atoms with Gasteiger partial charge in [0.1, 0.15) is 17.8 Å². The number of nitrogens with one attached hydrogen (secondary N) is 2. The number of aromatic nitrogens is 3. The lowest BCUT2D eigenvalue weighted by molar-refractivity contribution is -0.122. The molecule has 2 aromatic heterocycles. The number of nitrogens with two attached hydrogens (primary N) is 1. The Morgan fingerprint density at radius 2 is 2.28 bits per heavy atom. The van der Waals surface area contributed by atoms with Crippen molar-refractivity contribution in [3.63, 3.8) is 0 Å². The molecule has 0 saturated carbocycles. The molecular weight excluding hydrogens is 316 g/mol. The molecule has 25 heavy (non-hydrogen) atoms. The number of aromatic amines is 1. The standard InChI is InChI=1S/C18H28N6O/c1-4-13-8-20-16-15(13)17(23-11-22-16)24-6-5-18(19,10-24)9-21-14(25)7-12(2)3/h8,11-12H,4-7,9-10,19H2,1-3H3,(H,21,25)(H,20,22,23)/t18-/m0/s1. The Bertz CT molecular complexity index is 755. The van der Waals surface area contributed by atoms with Crippen LogP contribution in [-0.2, 0) is 11.2 Å². The average molecular weight is 344 g/mol. The van der Waals surface area contributed by atoms with Crippen LogP contribution in [0.4, 0.5) is 5.82 Å². The third kappa shape index (κ3) is 3.76. The van der Waals surface area contributed by atoms with Gasteiger partial charge in [0, 0.05) is 32.3 Å². The van der Waals surface area contributed by atoms with E-state index in [0.717, 1.165) is 36.2 Å². The van der Waals surface area contributed by atoms with E-state index in [2.05, 4.69) is 32.1 Å². The summed E-state index contributed by atoms with van der Waals surface area (Å²) >= 11 is 0. The van der Waals surface area contributed by atoms with Crippen molar-refractivity contribution in [3.05, 3.63) is 18.1 Å². The van der Waals surface area contributed by atoms with Gasteiger partial charge in [-0.2, -0.15) is 0 Å². The van der Waals surface area contributed by atoms with Crippen molar-refractivity contribution in [3.8, 4) is 0 Å². The predicted molar refractivity (Wildman–Crippen MR) is 99.5 cm³/mol. The van der Waals surface area contributed by atoms with Crippen LogP contribution < -0.4 is 16.0 Å². The van der Waals surface area contributed by atoms with Gasteiger partial charge in [-0.05, 0) is 24.3 Å². The molecule has 3 heterocycles. The molecular formula is C18H28N6O. The lowest BCUT2D eigenvalue weighted by Crippen LogP contribution is -2.52. The Labute approximate surface area is 148 Å². The van der Waals surface area contributed by atoms with Gasteiger partial charge in [-0.3, -0.25) is 4.79 Å². The molecule has 0 bridgehead atoms. The monoisotopic (exact) mass is 344 g/mol. The molecule has 1 saturated heterocycles. The summed E-state index contributed by atoms with van der Waals surface area (Å²) < 4.78 is 0. The van der Waals surface area contributed by atoms with Gasteiger partial charge in [0.05, 0.1) is 10.9 Å². The second-order valence-corrected chi connectivity index (χ2v) is 7.50. The summed E-state index contributed by atoms with van der Waals surface area (Å²) in [5.74, 6) is 1.36. The minimum absolute atomic E-state index is 0.0709. The van der Waals surface area contributed by atoms with Crippen LogP contribution in [0.15, 0.2) is 12.5 Å². The number of fused-ring (bicyclic) bond motifs is 1. The van der Waals surface area contributed by atoms with E-state index in [1.54, 1.807) is 6.33 Å². The van der Waals surface area contributed by atoms with Crippen LogP contribution in [0, 0.1) is 5.92 Å². The zero-order valence-electron chi connectivity index (χ0n) is 15.3. The van der Waals surface area contributed by atoms with Crippen LogP contribution in [0.3, 0.4) is 0 Å². The molecule has 1 aliphatic rings. The number of anilines is 1. The summed E-state index contributed by atoms with van der Waals surface area (Å²) in [4.78, 5) is 26.2. The Hall–Kier alpha value is -2.15. The Kier molecular flexibility index (Phi) is 4.94. The summed E-state index contributed by atoms with van der Waals surface area (Å²) in [6, 6.07) is 0. The lowest BCUT2D eigenvalue weighted by atomic mass is 10.00. The lowest BCUT2D eigenvalue weighted by Gasteiger charge is -2.26. The van der Waals surface area contributed by atoms with E-state index in [1.807, 2.05) is 20.0 Å². The number of amides is 1. The molecule has 0 aliphatic carbocycles. The minimum atomic E-state index is -0.424. The Morgan fingerprint density at radius 1 is 1.48 bits per heavy atom. The van der Waals surface area contributed by atoms with Gasteiger partial charge in [0.2, 0.25) is 5.91 Å². The van der Waals surface area contributed by atoms with Crippen molar-refractivity contribution in [1.82, 2.24) is 20.3 Å². The van der Waals surface area contributed by atoms with Gasteiger partial charge >= 0.3 is 0 Å². The van der Waals surface area contributed by atoms with E-state index in [4.69, 9.17) is 5.73 Å². The molecule has 136 valence electrons. The maximum absolute atomic E-state index is 11.9. The van der Waals surface area contributed by atoms with E-state index in [-0.39, 0.29) is 5.91 Å². The van der Waals surface area contributed by atoms with Gasteiger partial charge in [-0.25, -0.2) is 9.97 Å². The molecule has 0 radical (unpaired) electrons. The highest BCUT2D eigenvalue weighted by molar-refractivity contribution is 5.91. The molecule has 0 unspecified atom stereocenters. The number of H-pyrrole nitrogens is 1. The topological polar surface area (TPSA) is 99.9 Å². The summed E-state index contributed by atoms with van der Waals surface area (Å²) in [6.45, 7) is 8.21. The molecule has 0 spiro atoms. The first-order chi connectivity index (χ1) is 11.9. The van der Waals surface area contributed by atoms with Crippen molar-refractivity contribution in [2.75, 3.05) is 24.5 Å². The summed E-state index contributed by atoms with van der Waals surface area (Å²) in [5.41, 5.74) is 8.20. The number of carbonyl (C=O) groups is 1. The number of rotatable bonds is 6. The van der Waals surface area contributed by atoms with Gasteiger partial charge in [0.25, 0.3) is 0 Å². The van der Waals surface area contributed by atoms with Crippen LogP contribution in [0.5, 0.6) is 0 Å². The number of hydrogen-bond donors (Lipinski definition) is 3.